The molecule has 5 heteroatoms. The van der Waals surface area contributed by atoms with E-state index in [-0.39, 0.29) is 18.3 Å². The number of halogens is 1. The molecule has 0 amide bonds. The maximum Gasteiger partial charge on any atom is 0.320 e. The van der Waals surface area contributed by atoms with Crippen LogP contribution in [0.2, 0.25) is 0 Å². The smallest absolute Gasteiger partial charge is 0.320 e. The first-order valence-electron chi connectivity index (χ1n) is 7.88. The van der Waals surface area contributed by atoms with Gasteiger partial charge in [-0.3, -0.25) is 4.79 Å². The van der Waals surface area contributed by atoms with Gasteiger partial charge in [-0.15, -0.1) is 0 Å². The van der Waals surface area contributed by atoms with Crippen molar-refractivity contribution in [2.24, 2.45) is 5.92 Å². The van der Waals surface area contributed by atoms with Crippen molar-refractivity contribution in [3.8, 4) is 5.75 Å². The Balaban J connectivity index is 1.96. The third kappa shape index (κ3) is 5.06. The standard InChI is InChI=1S/C19H22FNO3/c1-13(2)18(19(22)23)21-11-14-6-5-8-16(10-14)24-12-15-7-3-4-9-17(15)20/h3-10,13,18,21H,11-12H2,1-2H3,(H,22,23)/t18-/m0/s1. The zero-order valence-electron chi connectivity index (χ0n) is 13.8. The molecule has 0 radical (unpaired) electrons. The quantitative estimate of drug-likeness (QED) is 0.776. The highest BCUT2D eigenvalue weighted by molar-refractivity contribution is 5.73. The second kappa shape index (κ2) is 8.45. The molecule has 0 unspecified atom stereocenters. The highest BCUT2D eigenvalue weighted by atomic mass is 19.1. The highest BCUT2D eigenvalue weighted by Crippen LogP contribution is 2.17. The molecule has 0 saturated carbocycles. The monoisotopic (exact) mass is 331 g/mol. The predicted octanol–water partition coefficient (Wildman–Crippen LogP) is 3.60. The van der Waals surface area contributed by atoms with E-state index in [0.717, 1.165) is 5.56 Å². The highest BCUT2D eigenvalue weighted by Gasteiger charge is 2.20. The van der Waals surface area contributed by atoms with Crippen LogP contribution in [0.1, 0.15) is 25.0 Å². The lowest BCUT2D eigenvalue weighted by atomic mass is 10.0. The van der Waals surface area contributed by atoms with Crippen LogP contribution >= 0.6 is 0 Å². The van der Waals surface area contributed by atoms with Gasteiger partial charge in [-0.25, -0.2) is 4.39 Å². The number of hydrogen-bond donors (Lipinski definition) is 2. The van der Waals surface area contributed by atoms with E-state index in [1.54, 1.807) is 24.3 Å². The van der Waals surface area contributed by atoms with E-state index in [2.05, 4.69) is 5.32 Å². The van der Waals surface area contributed by atoms with E-state index in [1.165, 1.54) is 6.07 Å². The number of hydrogen-bond acceptors (Lipinski definition) is 3. The van der Waals surface area contributed by atoms with Gasteiger partial charge >= 0.3 is 5.97 Å². The van der Waals surface area contributed by atoms with Crippen LogP contribution in [0.4, 0.5) is 4.39 Å². The van der Waals surface area contributed by atoms with Crippen LogP contribution in [0, 0.1) is 11.7 Å². The van der Waals surface area contributed by atoms with Crippen LogP contribution < -0.4 is 10.1 Å². The number of carboxylic acid groups (broad SMARTS) is 1. The van der Waals surface area contributed by atoms with Gasteiger partial charge < -0.3 is 15.2 Å². The zero-order chi connectivity index (χ0) is 17.5. The average molecular weight is 331 g/mol. The molecular formula is C19H22FNO3. The molecule has 24 heavy (non-hydrogen) atoms. The Kier molecular flexibility index (Phi) is 6.32. The van der Waals surface area contributed by atoms with Crippen molar-refractivity contribution in [3.63, 3.8) is 0 Å². The van der Waals surface area contributed by atoms with Gasteiger partial charge in [0.25, 0.3) is 0 Å². The molecule has 0 saturated heterocycles. The molecule has 0 bridgehead atoms. The molecule has 0 aliphatic rings. The molecule has 128 valence electrons. The van der Waals surface area contributed by atoms with E-state index >= 15 is 0 Å². The third-order valence-electron chi connectivity index (χ3n) is 3.71. The van der Waals surface area contributed by atoms with Crippen LogP contribution in [0.5, 0.6) is 5.75 Å². The number of ether oxygens (including phenoxy) is 1. The van der Waals surface area contributed by atoms with Gasteiger partial charge in [0.15, 0.2) is 0 Å². The van der Waals surface area contributed by atoms with E-state index < -0.39 is 12.0 Å². The first kappa shape index (κ1) is 17.9. The maximum atomic E-state index is 13.6. The van der Waals surface area contributed by atoms with Crippen molar-refractivity contribution in [1.29, 1.82) is 0 Å². The fourth-order valence-corrected chi connectivity index (χ4v) is 2.36. The number of nitrogens with one attached hydrogen (secondary N) is 1. The fraction of sp³-hybridized carbons (Fsp3) is 0.316. The summed E-state index contributed by atoms with van der Waals surface area (Å²) in [5.41, 5.74) is 1.40. The summed E-state index contributed by atoms with van der Waals surface area (Å²) in [6.07, 6.45) is 0. The summed E-state index contributed by atoms with van der Waals surface area (Å²) in [6.45, 7) is 4.29. The molecule has 0 aliphatic heterocycles. The third-order valence-corrected chi connectivity index (χ3v) is 3.71. The van der Waals surface area contributed by atoms with Crippen LogP contribution in [0.3, 0.4) is 0 Å². The Morgan fingerprint density at radius 1 is 1.21 bits per heavy atom. The van der Waals surface area contributed by atoms with Crippen molar-refractivity contribution < 1.29 is 19.0 Å². The van der Waals surface area contributed by atoms with Crippen LogP contribution in [0.15, 0.2) is 48.5 Å². The molecular weight excluding hydrogens is 309 g/mol. The lowest BCUT2D eigenvalue weighted by Gasteiger charge is -2.18. The number of carbonyl (C=O) groups is 1. The Bertz CT molecular complexity index is 688. The molecule has 2 aromatic carbocycles. The van der Waals surface area contributed by atoms with E-state index in [0.29, 0.717) is 17.9 Å². The fourth-order valence-electron chi connectivity index (χ4n) is 2.36. The SMILES string of the molecule is CC(C)[C@H](NCc1cccc(OCc2ccccc2F)c1)C(=O)O. The largest absolute Gasteiger partial charge is 0.489 e. The molecule has 1 atom stereocenters. The summed E-state index contributed by atoms with van der Waals surface area (Å²) in [6, 6.07) is 13.2. The maximum absolute atomic E-state index is 13.6. The summed E-state index contributed by atoms with van der Waals surface area (Å²) < 4.78 is 19.2. The minimum absolute atomic E-state index is 0.0111. The van der Waals surface area contributed by atoms with Gasteiger partial charge in [-0.05, 0) is 29.7 Å². The molecule has 0 aliphatic carbocycles. The molecule has 2 N–H and O–H groups in total. The van der Waals surface area contributed by atoms with Crippen molar-refractivity contribution in [2.45, 2.75) is 33.0 Å². The summed E-state index contributed by atoms with van der Waals surface area (Å²) in [4.78, 5) is 11.2. The zero-order valence-corrected chi connectivity index (χ0v) is 13.8. The van der Waals surface area contributed by atoms with Gasteiger partial charge in [-0.2, -0.15) is 0 Å². The average Bonchev–Trinajstić information content (AvgIpc) is 2.54. The van der Waals surface area contributed by atoms with Crippen LogP contribution in [-0.4, -0.2) is 17.1 Å². The molecule has 0 aromatic heterocycles. The molecule has 2 rings (SSSR count). The Hall–Kier alpha value is -2.40. The first-order valence-corrected chi connectivity index (χ1v) is 7.88. The normalized spacial score (nSPS) is 12.2. The Morgan fingerprint density at radius 2 is 1.96 bits per heavy atom. The topological polar surface area (TPSA) is 58.6 Å². The molecule has 0 heterocycles. The van der Waals surface area contributed by atoms with Gasteiger partial charge in [0.05, 0.1) is 0 Å². The van der Waals surface area contributed by atoms with E-state index in [1.807, 2.05) is 32.0 Å². The van der Waals surface area contributed by atoms with E-state index in [4.69, 9.17) is 4.74 Å². The summed E-state index contributed by atoms with van der Waals surface area (Å²) in [5.74, 6) is -0.550. The van der Waals surface area contributed by atoms with Crippen molar-refractivity contribution >= 4 is 5.97 Å². The minimum atomic E-state index is -0.864. The van der Waals surface area contributed by atoms with Gasteiger partial charge in [0.2, 0.25) is 0 Å². The Labute approximate surface area is 141 Å². The van der Waals surface area contributed by atoms with Crippen LogP contribution in [0.25, 0.3) is 0 Å². The van der Waals surface area contributed by atoms with Crippen LogP contribution in [-0.2, 0) is 17.9 Å². The van der Waals surface area contributed by atoms with Crippen molar-refractivity contribution in [2.75, 3.05) is 0 Å². The summed E-state index contributed by atoms with van der Waals surface area (Å²) in [7, 11) is 0. The first-order chi connectivity index (χ1) is 11.5. The second-order valence-corrected chi connectivity index (χ2v) is 5.97. The molecule has 0 fully saturated rings. The Morgan fingerprint density at radius 3 is 2.62 bits per heavy atom. The summed E-state index contributed by atoms with van der Waals surface area (Å²) >= 11 is 0. The van der Waals surface area contributed by atoms with Gasteiger partial charge in [-0.1, -0.05) is 44.2 Å². The summed E-state index contributed by atoms with van der Waals surface area (Å²) in [5, 5.41) is 12.2. The lowest BCUT2D eigenvalue weighted by Crippen LogP contribution is -2.40. The molecule has 4 nitrogen and oxygen atoms in total. The van der Waals surface area contributed by atoms with Crippen molar-refractivity contribution in [1.82, 2.24) is 5.32 Å². The van der Waals surface area contributed by atoms with Gasteiger partial charge in [0, 0.05) is 12.1 Å². The predicted molar refractivity (Wildman–Crippen MR) is 90.3 cm³/mol. The minimum Gasteiger partial charge on any atom is -0.489 e. The van der Waals surface area contributed by atoms with Gasteiger partial charge in [0.1, 0.15) is 24.2 Å². The number of benzene rings is 2. The number of aliphatic carboxylic acids is 1. The van der Waals surface area contributed by atoms with Crippen molar-refractivity contribution in [3.05, 3.63) is 65.5 Å². The lowest BCUT2D eigenvalue weighted by molar-refractivity contribution is -0.140. The number of rotatable bonds is 8. The molecule has 2 aromatic rings. The molecule has 0 spiro atoms. The van der Waals surface area contributed by atoms with E-state index in [9.17, 15) is 14.3 Å². The second-order valence-electron chi connectivity index (χ2n) is 5.97. The number of carboxylic acids is 1.